The van der Waals surface area contributed by atoms with Gasteiger partial charge in [0.15, 0.2) is 0 Å². The van der Waals surface area contributed by atoms with Gasteiger partial charge < -0.3 is 15.4 Å². The quantitative estimate of drug-likeness (QED) is 0.691. The summed E-state index contributed by atoms with van der Waals surface area (Å²) in [5.74, 6) is 0.379. The lowest BCUT2D eigenvalue weighted by Gasteiger charge is -2.12. The Morgan fingerprint density at radius 2 is 2.08 bits per heavy atom. The van der Waals surface area contributed by atoms with Gasteiger partial charge >= 0.3 is 0 Å². The molecule has 0 spiro atoms. The molecule has 2 heterocycles. The van der Waals surface area contributed by atoms with Crippen LogP contribution in [0.25, 0.3) is 0 Å². The minimum atomic E-state index is -0.268. The number of carbonyl (C=O) groups excluding carboxylic acids is 1. The molecule has 1 amide bonds. The van der Waals surface area contributed by atoms with Crippen molar-refractivity contribution in [1.82, 2.24) is 15.3 Å². The normalized spacial score (nSPS) is 10.2. The van der Waals surface area contributed by atoms with Gasteiger partial charge in [0, 0.05) is 35.8 Å². The highest BCUT2D eigenvalue weighted by molar-refractivity contribution is 6.31. The standard InChI is InChI=1S/C19H17ClN4O2/c1-26-18-5-4-14(20)9-16(18)24-15-6-8-22-17(10-15)19(25)23-12-13-3-2-7-21-11-13/h2-11H,12H2,1H3,(H,22,24)(H,23,25). The van der Waals surface area contributed by atoms with Crippen molar-refractivity contribution < 1.29 is 9.53 Å². The van der Waals surface area contributed by atoms with Crippen molar-refractivity contribution in [3.05, 3.63) is 77.3 Å². The number of hydrogen-bond acceptors (Lipinski definition) is 5. The molecule has 0 atom stereocenters. The molecule has 26 heavy (non-hydrogen) atoms. The number of methoxy groups -OCH3 is 1. The van der Waals surface area contributed by atoms with E-state index in [4.69, 9.17) is 16.3 Å². The number of benzene rings is 1. The van der Waals surface area contributed by atoms with E-state index in [0.29, 0.717) is 34.4 Å². The second-order valence-corrected chi connectivity index (χ2v) is 5.88. The van der Waals surface area contributed by atoms with Gasteiger partial charge in [-0.15, -0.1) is 0 Å². The molecule has 0 saturated heterocycles. The van der Waals surface area contributed by atoms with Gasteiger partial charge in [0.2, 0.25) is 0 Å². The predicted molar refractivity (Wildman–Crippen MR) is 101 cm³/mol. The van der Waals surface area contributed by atoms with Gasteiger partial charge in [-0.3, -0.25) is 14.8 Å². The van der Waals surface area contributed by atoms with Crippen LogP contribution in [0.4, 0.5) is 11.4 Å². The lowest BCUT2D eigenvalue weighted by molar-refractivity contribution is 0.0946. The third kappa shape index (κ3) is 4.49. The van der Waals surface area contributed by atoms with Crippen molar-refractivity contribution in [3.8, 4) is 5.75 Å². The van der Waals surface area contributed by atoms with E-state index in [-0.39, 0.29) is 5.91 Å². The summed E-state index contributed by atoms with van der Waals surface area (Å²) < 4.78 is 5.32. The van der Waals surface area contributed by atoms with Crippen molar-refractivity contribution in [1.29, 1.82) is 0 Å². The van der Waals surface area contributed by atoms with Crippen LogP contribution >= 0.6 is 11.6 Å². The molecular formula is C19H17ClN4O2. The molecular weight excluding hydrogens is 352 g/mol. The van der Waals surface area contributed by atoms with Crippen molar-refractivity contribution in [2.24, 2.45) is 0 Å². The van der Waals surface area contributed by atoms with Crippen molar-refractivity contribution >= 4 is 28.9 Å². The van der Waals surface area contributed by atoms with Gasteiger partial charge in [-0.05, 0) is 42.0 Å². The van der Waals surface area contributed by atoms with Crippen molar-refractivity contribution in [3.63, 3.8) is 0 Å². The molecule has 3 rings (SSSR count). The van der Waals surface area contributed by atoms with Crippen LogP contribution in [-0.4, -0.2) is 23.0 Å². The number of carbonyl (C=O) groups is 1. The zero-order valence-electron chi connectivity index (χ0n) is 14.1. The van der Waals surface area contributed by atoms with E-state index in [0.717, 1.165) is 5.56 Å². The predicted octanol–water partition coefficient (Wildman–Crippen LogP) is 3.81. The van der Waals surface area contributed by atoms with E-state index in [2.05, 4.69) is 20.6 Å². The molecule has 0 aliphatic heterocycles. The number of amides is 1. The number of ether oxygens (including phenoxy) is 1. The van der Waals surface area contributed by atoms with Crippen LogP contribution in [0.3, 0.4) is 0 Å². The van der Waals surface area contributed by atoms with Gasteiger partial charge in [-0.1, -0.05) is 17.7 Å². The van der Waals surface area contributed by atoms with Gasteiger partial charge in [0.25, 0.3) is 5.91 Å². The summed E-state index contributed by atoms with van der Waals surface area (Å²) in [5.41, 5.74) is 2.62. The fourth-order valence-corrected chi connectivity index (χ4v) is 2.51. The number of hydrogen-bond donors (Lipinski definition) is 2. The largest absolute Gasteiger partial charge is 0.495 e. The number of nitrogens with zero attached hydrogens (tertiary/aromatic N) is 2. The highest BCUT2D eigenvalue weighted by Gasteiger charge is 2.10. The second kappa shape index (κ2) is 8.31. The third-order valence-electron chi connectivity index (χ3n) is 3.61. The molecule has 7 heteroatoms. The van der Waals surface area contributed by atoms with Crippen molar-refractivity contribution in [2.75, 3.05) is 12.4 Å². The molecule has 2 N–H and O–H groups in total. The smallest absolute Gasteiger partial charge is 0.270 e. The fourth-order valence-electron chi connectivity index (χ4n) is 2.34. The number of rotatable bonds is 6. The summed E-state index contributed by atoms with van der Waals surface area (Å²) in [6.07, 6.45) is 4.96. The topological polar surface area (TPSA) is 76.1 Å². The summed E-state index contributed by atoms with van der Waals surface area (Å²) in [6.45, 7) is 0.383. The number of pyridine rings is 2. The molecule has 0 aliphatic carbocycles. The molecule has 1 aromatic carbocycles. The summed E-state index contributed by atoms with van der Waals surface area (Å²) in [6, 6.07) is 12.4. The average Bonchev–Trinajstić information content (AvgIpc) is 2.67. The summed E-state index contributed by atoms with van der Waals surface area (Å²) >= 11 is 6.04. The molecule has 0 aliphatic rings. The van der Waals surface area contributed by atoms with Crippen LogP contribution in [0, 0.1) is 0 Å². The van der Waals surface area contributed by atoms with Crippen LogP contribution in [0.2, 0.25) is 5.02 Å². The molecule has 132 valence electrons. The maximum absolute atomic E-state index is 12.3. The SMILES string of the molecule is COc1ccc(Cl)cc1Nc1ccnc(C(=O)NCc2cccnc2)c1. The van der Waals surface area contributed by atoms with Gasteiger partial charge in [-0.25, -0.2) is 0 Å². The Kier molecular flexibility index (Phi) is 5.66. The minimum Gasteiger partial charge on any atom is -0.495 e. The Hall–Kier alpha value is -3.12. The zero-order chi connectivity index (χ0) is 18.4. The summed E-state index contributed by atoms with van der Waals surface area (Å²) in [7, 11) is 1.58. The maximum atomic E-state index is 12.3. The highest BCUT2D eigenvalue weighted by atomic mass is 35.5. The van der Waals surface area contributed by atoms with E-state index in [1.807, 2.05) is 12.1 Å². The molecule has 2 aromatic heterocycles. The maximum Gasteiger partial charge on any atom is 0.270 e. The minimum absolute atomic E-state index is 0.268. The summed E-state index contributed by atoms with van der Waals surface area (Å²) in [5, 5.41) is 6.60. The molecule has 0 bridgehead atoms. The molecule has 0 fully saturated rings. The Morgan fingerprint density at radius 3 is 2.85 bits per heavy atom. The first-order chi connectivity index (χ1) is 12.7. The number of nitrogens with one attached hydrogen (secondary N) is 2. The average molecular weight is 369 g/mol. The van der Waals surface area contributed by atoms with Crippen molar-refractivity contribution in [2.45, 2.75) is 6.54 Å². The van der Waals surface area contributed by atoms with Gasteiger partial charge in [-0.2, -0.15) is 0 Å². The van der Waals surface area contributed by atoms with Crippen LogP contribution in [-0.2, 0) is 6.54 Å². The Balaban J connectivity index is 1.72. The van der Waals surface area contributed by atoms with Crippen LogP contribution < -0.4 is 15.4 Å². The van der Waals surface area contributed by atoms with Crippen LogP contribution in [0.5, 0.6) is 5.75 Å². The molecule has 0 radical (unpaired) electrons. The number of aromatic nitrogens is 2. The fraction of sp³-hybridized carbons (Fsp3) is 0.105. The van der Waals surface area contributed by atoms with Gasteiger partial charge in [0.05, 0.1) is 12.8 Å². The molecule has 6 nitrogen and oxygen atoms in total. The number of halogens is 1. The Labute approximate surface area is 156 Å². The Morgan fingerprint density at radius 1 is 1.19 bits per heavy atom. The summed E-state index contributed by atoms with van der Waals surface area (Å²) in [4.78, 5) is 20.5. The van der Waals surface area contributed by atoms with E-state index in [9.17, 15) is 4.79 Å². The first-order valence-corrected chi connectivity index (χ1v) is 8.27. The molecule has 3 aromatic rings. The van der Waals surface area contributed by atoms with E-state index < -0.39 is 0 Å². The van der Waals surface area contributed by atoms with E-state index >= 15 is 0 Å². The third-order valence-corrected chi connectivity index (χ3v) is 3.84. The van der Waals surface area contributed by atoms with E-state index in [1.54, 1.807) is 56.0 Å². The van der Waals surface area contributed by atoms with Gasteiger partial charge in [0.1, 0.15) is 11.4 Å². The molecule has 0 unspecified atom stereocenters. The van der Waals surface area contributed by atoms with Crippen LogP contribution in [0.1, 0.15) is 16.1 Å². The van der Waals surface area contributed by atoms with E-state index in [1.165, 1.54) is 0 Å². The second-order valence-electron chi connectivity index (χ2n) is 5.44. The Bertz CT molecular complexity index is 903. The number of anilines is 2. The van der Waals surface area contributed by atoms with Crippen LogP contribution in [0.15, 0.2) is 61.1 Å². The molecule has 0 saturated carbocycles. The lowest BCUT2D eigenvalue weighted by atomic mass is 10.2. The monoisotopic (exact) mass is 368 g/mol. The zero-order valence-corrected chi connectivity index (χ0v) is 14.8. The first-order valence-electron chi connectivity index (χ1n) is 7.89. The first kappa shape index (κ1) is 17.7. The lowest BCUT2D eigenvalue weighted by Crippen LogP contribution is -2.23. The highest BCUT2D eigenvalue weighted by Crippen LogP contribution is 2.30.